The monoisotopic (exact) mass is 174 g/mol. The Balaban J connectivity index is 2.31. The fraction of sp³-hybridized carbons (Fsp3) is 0.333. The van der Waals surface area contributed by atoms with Crippen LogP contribution in [-0.2, 0) is 6.42 Å². The van der Waals surface area contributed by atoms with E-state index in [-0.39, 0.29) is 0 Å². The molecule has 0 saturated carbocycles. The molecule has 0 fully saturated rings. The van der Waals surface area contributed by atoms with Crippen molar-refractivity contribution in [2.75, 3.05) is 6.61 Å². The second kappa shape index (κ2) is 3.65. The summed E-state index contributed by atoms with van der Waals surface area (Å²) in [6, 6.07) is 8.26. The van der Waals surface area contributed by atoms with Crippen LogP contribution in [0.4, 0.5) is 0 Å². The van der Waals surface area contributed by atoms with E-state index in [4.69, 9.17) is 4.74 Å². The van der Waals surface area contributed by atoms with Gasteiger partial charge in [-0.3, -0.25) is 0 Å². The van der Waals surface area contributed by atoms with Crippen molar-refractivity contribution in [2.45, 2.75) is 19.8 Å². The van der Waals surface area contributed by atoms with Crippen LogP contribution in [0.25, 0.3) is 0 Å². The Morgan fingerprint density at radius 1 is 1.23 bits per heavy atom. The van der Waals surface area contributed by atoms with Crippen LogP contribution in [0, 0.1) is 0 Å². The molecule has 0 amide bonds. The van der Waals surface area contributed by atoms with E-state index in [1.54, 1.807) is 0 Å². The molecule has 68 valence electrons. The maximum absolute atomic E-state index is 5.66. The number of hydrogen-bond acceptors (Lipinski definition) is 1. The molecular formula is C12H14O. The van der Waals surface area contributed by atoms with Gasteiger partial charge < -0.3 is 4.74 Å². The van der Waals surface area contributed by atoms with Gasteiger partial charge in [0.25, 0.3) is 0 Å². The minimum atomic E-state index is 0.805. The lowest BCUT2D eigenvalue weighted by atomic mass is 10.1. The first-order chi connectivity index (χ1) is 6.36. The molecule has 0 N–H and O–H groups in total. The van der Waals surface area contributed by atoms with E-state index in [0.717, 1.165) is 25.2 Å². The van der Waals surface area contributed by atoms with Gasteiger partial charge >= 0.3 is 0 Å². The molecule has 1 aliphatic rings. The third-order valence-electron chi connectivity index (χ3n) is 2.40. The van der Waals surface area contributed by atoms with E-state index in [1.807, 2.05) is 12.1 Å². The molecule has 0 saturated heterocycles. The zero-order valence-electron chi connectivity index (χ0n) is 7.92. The lowest BCUT2D eigenvalue weighted by molar-refractivity contribution is 0.316. The Bertz CT molecular complexity index is 326. The highest BCUT2D eigenvalue weighted by Gasteiger charge is 2.04. The molecule has 0 bridgehead atoms. The van der Waals surface area contributed by atoms with E-state index < -0.39 is 0 Å². The first-order valence-corrected chi connectivity index (χ1v) is 4.72. The number of benzene rings is 1. The summed E-state index contributed by atoms with van der Waals surface area (Å²) in [7, 11) is 0. The average Bonchev–Trinajstić information content (AvgIpc) is 2.13. The lowest BCUT2D eigenvalue weighted by Crippen LogP contribution is -2.03. The predicted molar refractivity (Wildman–Crippen MR) is 54.0 cm³/mol. The predicted octanol–water partition coefficient (Wildman–Crippen LogP) is 2.96. The second-order valence-corrected chi connectivity index (χ2v) is 3.46. The molecular weight excluding hydrogens is 160 g/mol. The van der Waals surface area contributed by atoms with Gasteiger partial charge in [0.2, 0.25) is 0 Å². The van der Waals surface area contributed by atoms with E-state index in [0.29, 0.717) is 0 Å². The lowest BCUT2D eigenvalue weighted by Gasteiger charge is -2.13. The van der Waals surface area contributed by atoms with Gasteiger partial charge in [-0.1, -0.05) is 29.8 Å². The molecule has 0 spiro atoms. The van der Waals surface area contributed by atoms with Crippen LogP contribution in [0.5, 0.6) is 5.75 Å². The number of hydrogen-bond donors (Lipinski definition) is 0. The third-order valence-corrected chi connectivity index (χ3v) is 2.40. The number of para-hydroxylation sites is 1. The van der Waals surface area contributed by atoms with Crippen molar-refractivity contribution in [1.29, 1.82) is 0 Å². The quantitative estimate of drug-likeness (QED) is 0.549. The molecule has 1 aromatic carbocycles. The minimum Gasteiger partial charge on any atom is -0.493 e. The maximum atomic E-state index is 5.66. The van der Waals surface area contributed by atoms with Crippen molar-refractivity contribution < 1.29 is 4.74 Å². The Kier molecular flexibility index (Phi) is 2.35. The topological polar surface area (TPSA) is 9.23 Å². The van der Waals surface area contributed by atoms with E-state index in [2.05, 4.69) is 25.1 Å². The SMILES string of the molecule is C/C1=C/Cc2ccccc2OCC1. The summed E-state index contributed by atoms with van der Waals surface area (Å²) in [4.78, 5) is 0. The van der Waals surface area contributed by atoms with Crippen molar-refractivity contribution in [3.63, 3.8) is 0 Å². The highest BCUT2D eigenvalue weighted by molar-refractivity contribution is 5.35. The van der Waals surface area contributed by atoms with Crippen molar-refractivity contribution in [3.05, 3.63) is 41.5 Å². The fourth-order valence-electron chi connectivity index (χ4n) is 1.52. The van der Waals surface area contributed by atoms with Crippen molar-refractivity contribution >= 4 is 0 Å². The summed E-state index contributed by atoms with van der Waals surface area (Å²) in [6.07, 6.45) is 4.34. The molecule has 1 aromatic rings. The van der Waals surface area contributed by atoms with Crippen molar-refractivity contribution in [1.82, 2.24) is 0 Å². The number of fused-ring (bicyclic) bond motifs is 1. The Morgan fingerprint density at radius 3 is 3.00 bits per heavy atom. The summed E-state index contributed by atoms with van der Waals surface area (Å²) in [5, 5.41) is 0. The van der Waals surface area contributed by atoms with Crippen LogP contribution < -0.4 is 4.74 Å². The number of rotatable bonds is 0. The largest absolute Gasteiger partial charge is 0.493 e. The average molecular weight is 174 g/mol. The van der Waals surface area contributed by atoms with E-state index in [9.17, 15) is 0 Å². The smallest absolute Gasteiger partial charge is 0.122 e. The highest BCUT2D eigenvalue weighted by atomic mass is 16.5. The first kappa shape index (κ1) is 8.36. The molecule has 1 aliphatic heterocycles. The summed E-state index contributed by atoms with van der Waals surface area (Å²) in [6.45, 7) is 2.97. The van der Waals surface area contributed by atoms with Crippen LogP contribution in [0.15, 0.2) is 35.9 Å². The minimum absolute atomic E-state index is 0.805. The van der Waals surface area contributed by atoms with Gasteiger partial charge in [-0.2, -0.15) is 0 Å². The molecule has 1 heterocycles. The molecule has 2 rings (SSSR count). The zero-order valence-corrected chi connectivity index (χ0v) is 7.92. The van der Waals surface area contributed by atoms with E-state index >= 15 is 0 Å². The normalized spacial score (nSPS) is 20.2. The van der Waals surface area contributed by atoms with Gasteiger partial charge in [0.1, 0.15) is 5.75 Å². The molecule has 0 unspecified atom stereocenters. The van der Waals surface area contributed by atoms with E-state index in [1.165, 1.54) is 11.1 Å². The van der Waals surface area contributed by atoms with Crippen LogP contribution >= 0.6 is 0 Å². The summed E-state index contributed by atoms with van der Waals surface area (Å²) in [5.74, 6) is 1.05. The van der Waals surface area contributed by atoms with Gasteiger partial charge in [0.15, 0.2) is 0 Å². The highest BCUT2D eigenvalue weighted by Crippen LogP contribution is 2.22. The zero-order chi connectivity index (χ0) is 9.10. The fourth-order valence-corrected chi connectivity index (χ4v) is 1.52. The Morgan fingerprint density at radius 2 is 2.08 bits per heavy atom. The van der Waals surface area contributed by atoms with Gasteiger partial charge in [-0.25, -0.2) is 0 Å². The molecule has 0 radical (unpaired) electrons. The number of ether oxygens (including phenoxy) is 1. The number of allylic oxidation sites excluding steroid dienone is 1. The van der Waals surface area contributed by atoms with Crippen LogP contribution in [0.2, 0.25) is 0 Å². The molecule has 0 atom stereocenters. The van der Waals surface area contributed by atoms with Crippen molar-refractivity contribution in [3.8, 4) is 5.75 Å². The molecule has 13 heavy (non-hydrogen) atoms. The maximum Gasteiger partial charge on any atom is 0.122 e. The second-order valence-electron chi connectivity index (χ2n) is 3.46. The molecule has 0 aliphatic carbocycles. The van der Waals surface area contributed by atoms with Gasteiger partial charge in [-0.15, -0.1) is 0 Å². The van der Waals surface area contributed by atoms with Crippen LogP contribution in [-0.4, -0.2) is 6.61 Å². The van der Waals surface area contributed by atoms with Crippen LogP contribution in [0.3, 0.4) is 0 Å². The molecule has 1 heteroatoms. The van der Waals surface area contributed by atoms with Crippen molar-refractivity contribution in [2.24, 2.45) is 0 Å². The van der Waals surface area contributed by atoms with Gasteiger partial charge in [-0.05, 0) is 25.0 Å². The Hall–Kier alpha value is -1.24. The summed E-state index contributed by atoms with van der Waals surface area (Å²) < 4.78 is 5.66. The third kappa shape index (κ3) is 1.92. The van der Waals surface area contributed by atoms with Gasteiger partial charge in [0.05, 0.1) is 6.61 Å². The summed E-state index contributed by atoms with van der Waals surface area (Å²) >= 11 is 0. The standard InChI is InChI=1S/C12H14O/c1-10-6-7-11-4-2-3-5-12(11)13-9-8-10/h2-6H,7-9H2,1H3/b10-6-. The Labute approximate surface area is 79.0 Å². The van der Waals surface area contributed by atoms with Gasteiger partial charge in [0, 0.05) is 6.42 Å². The molecule has 0 aromatic heterocycles. The van der Waals surface area contributed by atoms with Crippen LogP contribution in [0.1, 0.15) is 18.9 Å². The first-order valence-electron chi connectivity index (χ1n) is 4.72. The summed E-state index contributed by atoms with van der Waals surface area (Å²) in [5.41, 5.74) is 2.72. The molecule has 1 nitrogen and oxygen atoms in total.